The Morgan fingerprint density at radius 1 is 1.29 bits per heavy atom. The minimum absolute atomic E-state index is 0.258. The molecule has 112 valence electrons. The number of likely N-dealkylation sites (N-methyl/N-ethyl adjacent to an activating group) is 1. The van der Waals surface area contributed by atoms with Gasteiger partial charge in [0.15, 0.2) is 0 Å². The number of nitrogens with one attached hydrogen (secondary N) is 1. The number of carbonyl (C=O) groups excluding carboxylic acids is 1. The number of aryl methyl sites for hydroxylation is 2. The zero-order chi connectivity index (χ0) is 15.0. The van der Waals surface area contributed by atoms with E-state index in [2.05, 4.69) is 48.1 Å². The van der Waals surface area contributed by atoms with Gasteiger partial charge >= 0.3 is 0 Å². The summed E-state index contributed by atoms with van der Waals surface area (Å²) in [5, 5.41) is 4.94. The van der Waals surface area contributed by atoms with Crippen LogP contribution < -0.4 is 5.32 Å². The lowest BCUT2D eigenvalue weighted by Crippen LogP contribution is -2.46. The van der Waals surface area contributed by atoms with Gasteiger partial charge in [0.25, 0.3) is 0 Å². The van der Waals surface area contributed by atoms with Crippen molar-refractivity contribution < 1.29 is 4.79 Å². The van der Waals surface area contributed by atoms with Crippen molar-refractivity contribution in [2.24, 2.45) is 7.05 Å². The van der Waals surface area contributed by atoms with Crippen LogP contribution >= 0.6 is 0 Å². The summed E-state index contributed by atoms with van der Waals surface area (Å²) >= 11 is 0. The van der Waals surface area contributed by atoms with Crippen molar-refractivity contribution in [2.45, 2.75) is 32.4 Å². The van der Waals surface area contributed by atoms with Gasteiger partial charge < -0.3 is 14.8 Å². The number of fused-ring (bicyclic) bond motifs is 1. The Morgan fingerprint density at radius 2 is 2.05 bits per heavy atom. The molecule has 1 aliphatic heterocycles. The van der Waals surface area contributed by atoms with Gasteiger partial charge in [-0.3, -0.25) is 4.79 Å². The van der Waals surface area contributed by atoms with E-state index in [-0.39, 0.29) is 5.91 Å². The first kappa shape index (κ1) is 14.1. The first-order valence-electron chi connectivity index (χ1n) is 7.58. The van der Waals surface area contributed by atoms with Crippen molar-refractivity contribution in [1.29, 1.82) is 0 Å². The van der Waals surface area contributed by atoms with Gasteiger partial charge in [-0.1, -0.05) is 18.2 Å². The molecule has 0 bridgehead atoms. The molecule has 1 aliphatic rings. The van der Waals surface area contributed by atoms with Crippen LogP contribution in [0.5, 0.6) is 0 Å². The number of rotatable bonds is 3. The van der Waals surface area contributed by atoms with Crippen LogP contribution in [0.1, 0.15) is 24.1 Å². The predicted octanol–water partition coefficient (Wildman–Crippen LogP) is 2.20. The number of amides is 1. The monoisotopic (exact) mass is 285 g/mol. The molecule has 1 amide bonds. The second-order valence-corrected chi connectivity index (χ2v) is 6.04. The highest BCUT2D eigenvalue weighted by Gasteiger charge is 2.22. The zero-order valence-corrected chi connectivity index (χ0v) is 13.0. The van der Waals surface area contributed by atoms with Crippen LogP contribution in [0.4, 0.5) is 0 Å². The molecule has 0 saturated carbocycles. The maximum absolute atomic E-state index is 11.5. The topological polar surface area (TPSA) is 37.3 Å². The SMILES string of the molecule is Cc1c(CNC2CCC(=O)N(C)C2)n(C)c2ccccc12. The summed E-state index contributed by atoms with van der Waals surface area (Å²) in [6, 6.07) is 8.92. The third-order valence-corrected chi connectivity index (χ3v) is 4.69. The molecule has 0 radical (unpaired) electrons. The molecular weight excluding hydrogens is 262 g/mol. The van der Waals surface area contributed by atoms with Crippen molar-refractivity contribution in [3.63, 3.8) is 0 Å². The molecule has 1 unspecified atom stereocenters. The standard InChI is InChI=1S/C17H23N3O/c1-12-14-6-4-5-7-15(14)20(3)16(12)10-18-13-8-9-17(21)19(2)11-13/h4-7,13,18H,8-11H2,1-3H3. The summed E-state index contributed by atoms with van der Waals surface area (Å²) in [5.41, 5.74) is 3.96. The molecule has 0 aliphatic carbocycles. The average Bonchev–Trinajstić information content (AvgIpc) is 2.73. The minimum atomic E-state index is 0.258. The van der Waals surface area contributed by atoms with Gasteiger partial charge in [-0.25, -0.2) is 0 Å². The van der Waals surface area contributed by atoms with Crippen molar-refractivity contribution in [3.8, 4) is 0 Å². The Morgan fingerprint density at radius 3 is 2.76 bits per heavy atom. The van der Waals surface area contributed by atoms with Crippen LogP contribution in [-0.2, 0) is 18.4 Å². The molecule has 2 heterocycles. The van der Waals surface area contributed by atoms with Crippen molar-refractivity contribution in [2.75, 3.05) is 13.6 Å². The number of hydrogen-bond donors (Lipinski definition) is 1. The maximum atomic E-state index is 11.5. The van der Waals surface area contributed by atoms with Crippen molar-refractivity contribution in [3.05, 3.63) is 35.5 Å². The first-order chi connectivity index (χ1) is 10.1. The van der Waals surface area contributed by atoms with Crippen LogP contribution in [0, 0.1) is 6.92 Å². The fraction of sp³-hybridized carbons (Fsp3) is 0.471. The van der Waals surface area contributed by atoms with E-state index in [0.29, 0.717) is 12.5 Å². The molecule has 2 aromatic rings. The van der Waals surface area contributed by atoms with Gasteiger partial charge in [0.05, 0.1) is 0 Å². The lowest BCUT2D eigenvalue weighted by molar-refractivity contribution is -0.132. The summed E-state index contributed by atoms with van der Waals surface area (Å²) in [6.45, 7) is 3.85. The number of benzene rings is 1. The van der Waals surface area contributed by atoms with Gasteiger partial charge in [-0.05, 0) is 25.0 Å². The highest BCUT2D eigenvalue weighted by molar-refractivity contribution is 5.85. The smallest absolute Gasteiger partial charge is 0.222 e. The number of hydrogen-bond acceptors (Lipinski definition) is 2. The largest absolute Gasteiger partial charge is 0.346 e. The first-order valence-corrected chi connectivity index (χ1v) is 7.58. The van der Waals surface area contributed by atoms with E-state index in [1.807, 2.05) is 11.9 Å². The van der Waals surface area contributed by atoms with Gasteiger partial charge in [0.2, 0.25) is 5.91 Å². The molecule has 1 saturated heterocycles. The highest BCUT2D eigenvalue weighted by atomic mass is 16.2. The third kappa shape index (κ3) is 2.56. The Balaban J connectivity index is 1.75. The minimum Gasteiger partial charge on any atom is -0.346 e. The third-order valence-electron chi connectivity index (χ3n) is 4.69. The maximum Gasteiger partial charge on any atom is 0.222 e. The number of piperidine rings is 1. The molecule has 21 heavy (non-hydrogen) atoms. The predicted molar refractivity (Wildman–Crippen MR) is 85.2 cm³/mol. The van der Waals surface area contributed by atoms with E-state index in [0.717, 1.165) is 19.5 Å². The van der Waals surface area contributed by atoms with Gasteiger partial charge in [-0.2, -0.15) is 0 Å². The molecule has 3 rings (SSSR count). The van der Waals surface area contributed by atoms with E-state index in [1.54, 1.807) is 0 Å². The summed E-state index contributed by atoms with van der Waals surface area (Å²) < 4.78 is 2.27. The van der Waals surface area contributed by atoms with Gasteiger partial charge in [-0.15, -0.1) is 0 Å². The molecule has 1 atom stereocenters. The number of carbonyl (C=O) groups is 1. The fourth-order valence-electron chi connectivity index (χ4n) is 3.31. The van der Waals surface area contributed by atoms with Crippen LogP contribution in [-0.4, -0.2) is 35.0 Å². The Hall–Kier alpha value is -1.81. The Bertz CT molecular complexity index is 635. The summed E-state index contributed by atoms with van der Waals surface area (Å²) in [4.78, 5) is 13.4. The molecule has 1 N–H and O–H groups in total. The zero-order valence-electron chi connectivity index (χ0n) is 13.0. The number of aromatic nitrogens is 1. The molecule has 1 fully saturated rings. The second kappa shape index (κ2) is 5.53. The molecular formula is C17H23N3O. The Kier molecular flexibility index (Phi) is 3.72. The van der Waals surface area contributed by atoms with Gasteiger partial charge in [0, 0.05) is 56.2 Å². The van der Waals surface area contributed by atoms with E-state index in [9.17, 15) is 4.79 Å². The summed E-state index contributed by atoms with van der Waals surface area (Å²) in [5.74, 6) is 0.258. The Labute approximate surface area is 125 Å². The van der Waals surface area contributed by atoms with E-state index >= 15 is 0 Å². The van der Waals surface area contributed by atoms with E-state index in [4.69, 9.17) is 0 Å². The number of nitrogens with zero attached hydrogens (tertiary/aromatic N) is 2. The number of likely N-dealkylation sites (tertiary alicyclic amines) is 1. The summed E-state index contributed by atoms with van der Waals surface area (Å²) in [6.07, 6.45) is 1.59. The lowest BCUT2D eigenvalue weighted by atomic mass is 10.1. The van der Waals surface area contributed by atoms with Crippen LogP contribution in [0.25, 0.3) is 10.9 Å². The quantitative estimate of drug-likeness (QED) is 0.938. The van der Waals surface area contributed by atoms with Crippen LogP contribution in [0.15, 0.2) is 24.3 Å². The molecule has 1 aromatic heterocycles. The van der Waals surface area contributed by atoms with Gasteiger partial charge in [0.1, 0.15) is 0 Å². The molecule has 4 heteroatoms. The average molecular weight is 285 g/mol. The van der Waals surface area contributed by atoms with Crippen LogP contribution in [0.2, 0.25) is 0 Å². The van der Waals surface area contributed by atoms with Crippen molar-refractivity contribution >= 4 is 16.8 Å². The fourth-order valence-corrected chi connectivity index (χ4v) is 3.31. The lowest BCUT2D eigenvalue weighted by Gasteiger charge is -2.30. The second-order valence-electron chi connectivity index (χ2n) is 6.04. The van der Waals surface area contributed by atoms with Crippen molar-refractivity contribution in [1.82, 2.24) is 14.8 Å². The van der Waals surface area contributed by atoms with Crippen LogP contribution in [0.3, 0.4) is 0 Å². The van der Waals surface area contributed by atoms with E-state index in [1.165, 1.54) is 22.2 Å². The highest BCUT2D eigenvalue weighted by Crippen LogP contribution is 2.24. The molecule has 4 nitrogen and oxygen atoms in total. The normalized spacial score (nSPS) is 19.5. The summed E-state index contributed by atoms with van der Waals surface area (Å²) in [7, 11) is 4.01. The molecule has 1 aromatic carbocycles. The molecule has 0 spiro atoms. The number of para-hydroxylation sites is 1. The van der Waals surface area contributed by atoms with E-state index < -0.39 is 0 Å².